The van der Waals surface area contributed by atoms with Gasteiger partial charge in [-0.3, -0.25) is 4.98 Å². The molecule has 14 heavy (non-hydrogen) atoms. The van der Waals surface area contributed by atoms with Crippen molar-refractivity contribution in [1.29, 1.82) is 0 Å². The van der Waals surface area contributed by atoms with E-state index in [1.807, 2.05) is 0 Å². The lowest BCUT2D eigenvalue weighted by molar-refractivity contribution is 0.707. The Labute approximate surface area is 86.0 Å². The summed E-state index contributed by atoms with van der Waals surface area (Å²) in [7, 11) is 2.16. The van der Waals surface area contributed by atoms with Crippen LogP contribution in [-0.4, -0.2) is 18.6 Å². The van der Waals surface area contributed by atoms with E-state index < -0.39 is 0 Å². The molecule has 2 heterocycles. The highest BCUT2D eigenvalue weighted by molar-refractivity contribution is 5.57. The number of likely N-dealkylation sites (N-methyl/N-ethyl adjacent to an activating group) is 1. The molecule has 0 amide bonds. The standard InChI is InChI=1S/C12H18N2/c1-4-9(2)11-7-12-10(8-13-11)5-6-14(12)3/h7-9H,4-6H2,1-3H3. The summed E-state index contributed by atoms with van der Waals surface area (Å²) in [5.41, 5.74) is 4.02. The van der Waals surface area contributed by atoms with Gasteiger partial charge in [-0.2, -0.15) is 0 Å². The fourth-order valence-corrected chi connectivity index (χ4v) is 1.92. The number of aromatic nitrogens is 1. The van der Waals surface area contributed by atoms with Gasteiger partial charge in [-0.25, -0.2) is 0 Å². The largest absolute Gasteiger partial charge is 0.374 e. The quantitative estimate of drug-likeness (QED) is 0.712. The molecule has 0 radical (unpaired) electrons. The zero-order chi connectivity index (χ0) is 10.1. The first-order valence-electron chi connectivity index (χ1n) is 5.42. The van der Waals surface area contributed by atoms with E-state index >= 15 is 0 Å². The molecule has 1 aliphatic rings. The molecule has 1 aliphatic heterocycles. The van der Waals surface area contributed by atoms with Gasteiger partial charge in [-0.05, 0) is 30.4 Å². The van der Waals surface area contributed by atoms with E-state index in [0.29, 0.717) is 5.92 Å². The highest BCUT2D eigenvalue weighted by Gasteiger charge is 2.17. The van der Waals surface area contributed by atoms with Crippen molar-refractivity contribution in [2.45, 2.75) is 32.6 Å². The maximum atomic E-state index is 4.53. The maximum Gasteiger partial charge on any atom is 0.0452 e. The van der Waals surface area contributed by atoms with Gasteiger partial charge < -0.3 is 4.90 Å². The molecule has 76 valence electrons. The molecule has 0 bridgehead atoms. The number of rotatable bonds is 2. The number of anilines is 1. The van der Waals surface area contributed by atoms with Crippen LogP contribution in [0.15, 0.2) is 12.3 Å². The van der Waals surface area contributed by atoms with E-state index in [4.69, 9.17) is 0 Å². The minimum Gasteiger partial charge on any atom is -0.374 e. The summed E-state index contributed by atoms with van der Waals surface area (Å²) in [5.74, 6) is 0.578. The molecule has 0 fully saturated rings. The molecule has 2 heteroatoms. The SMILES string of the molecule is CCC(C)c1cc2c(cn1)CCN2C. The summed E-state index contributed by atoms with van der Waals surface area (Å²) in [6.45, 7) is 5.59. The van der Waals surface area contributed by atoms with Crippen LogP contribution in [0.1, 0.15) is 37.4 Å². The van der Waals surface area contributed by atoms with Gasteiger partial charge in [0.1, 0.15) is 0 Å². The smallest absolute Gasteiger partial charge is 0.0452 e. The van der Waals surface area contributed by atoms with Crippen molar-refractivity contribution < 1.29 is 0 Å². The van der Waals surface area contributed by atoms with E-state index in [0.717, 1.165) is 19.4 Å². The Bertz CT molecular complexity index is 333. The van der Waals surface area contributed by atoms with Crippen molar-refractivity contribution in [3.63, 3.8) is 0 Å². The third-order valence-corrected chi connectivity index (χ3v) is 3.23. The van der Waals surface area contributed by atoms with Gasteiger partial charge in [0, 0.05) is 31.2 Å². The molecule has 1 aromatic heterocycles. The van der Waals surface area contributed by atoms with Crippen molar-refractivity contribution in [1.82, 2.24) is 4.98 Å². The van der Waals surface area contributed by atoms with Crippen molar-refractivity contribution in [2.75, 3.05) is 18.5 Å². The number of fused-ring (bicyclic) bond motifs is 1. The van der Waals surface area contributed by atoms with Crippen LogP contribution in [0.2, 0.25) is 0 Å². The molecule has 0 saturated carbocycles. The summed E-state index contributed by atoms with van der Waals surface area (Å²) in [5, 5.41) is 0. The highest BCUT2D eigenvalue weighted by Crippen LogP contribution is 2.29. The Balaban J connectivity index is 2.34. The maximum absolute atomic E-state index is 4.53. The molecule has 2 nitrogen and oxygen atoms in total. The average molecular weight is 190 g/mol. The van der Waals surface area contributed by atoms with E-state index in [-0.39, 0.29) is 0 Å². The minimum atomic E-state index is 0.578. The third kappa shape index (κ3) is 1.49. The second-order valence-corrected chi connectivity index (χ2v) is 4.22. The first-order chi connectivity index (χ1) is 6.72. The summed E-state index contributed by atoms with van der Waals surface area (Å²) < 4.78 is 0. The van der Waals surface area contributed by atoms with Gasteiger partial charge in [-0.15, -0.1) is 0 Å². The van der Waals surface area contributed by atoms with E-state index in [1.165, 1.54) is 16.9 Å². The van der Waals surface area contributed by atoms with Gasteiger partial charge in [0.25, 0.3) is 0 Å². The number of hydrogen-bond acceptors (Lipinski definition) is 2. The van der Waals surface area contributed by atoms with Crippen LogP contribution in [0.4, 0.5) is 5.69 Å². The molecule has 0 N–H and O–H groups in total. The summed E-state index contributed by atoms with van der Waals surface area (Å²) in [6.07, 6.45) is 4.37. The Morgan fingerprint density at radius 2 is 2.36 bits per heavy atom. The molecule has 0 aromatic carbocycles. The van der Waals surface area contributed by atoms with Gasteiger partial charge in [-0.1, -0.05) is 13.8 Å². The van der Waals surface area contributed by atoms with Crippen LogP contribution in [0.25, 0.3) is 0 Å². The van der Waals surface area contributed by atoms with Crippen LogP contribution in [0.3, 0.4) is 0 Å². The van der Waals surface area contributed by atoms with Gasteiger partial charge in [0.2, 0.25) is 0 Å². The van der Waals surface area contributed by atoms with E-state index in [1.54, 1.807) is 0 Å². The van der Waals surface area contributed by atoms with Crippen LogP contribution in [-0.2, 0) is 6.42 Å². The predicted molar refractivity (Wildman–Crippen MR) is 59.9 cm³/mol. The Hall–Kier alpha value is -1.05. The molecule has 0 saturated heterocycles. The minimum absolute atomic E-state index is 0.578. The van der Waals surface area contributed by atoms with Crippen molar-refractivity contribution in [3.8, 4) is 0 Å². The lowest BCUT2D eigenvalue weighted by Crippen LogP contribution is -2.12. The molecular formula is C12H18N2. The van der Waals surface area contributed by atoms with Crippen LogP contribution in [0.5, 0.6) is 0 Å². The van der Waals surface area contributed by atoms with Crippen LogP contribution in [0, 0.1) is 0 Å². The average Bonchev–Trinajstić information content (AvgIpc) is 2.59. The molecular weight excluding hydrogens is 172 g/mol. The topological polar surface area (TPSA) is 16.1 Å². The fraction of sp³-hybridized carbons (Fsp3) is 0.583. The van der Waals surface area contributed by atoms with E-state index in [2.05, 4.69) is 43.0 Å². The van der Waals surface area contributed by atoms with Gasteiger partial charge in [0.15, 0.2) is 0 Å². The zero-order valence-corrected chi connectivity index (χ0v) is 9.25. The van der Waals surface area contributed by atoms with Gasteiger partial charge in [0.05, 0.1) is 0 Å². The second kappa shape index (κ2) is 3.60. The first-order valence-corrected chi connectivity index (χ1v) is 5.42. The molecule has 1 atom stereocenters. The number of nitrogens with zero attached hydrogens (tertiary/aromatic N) is 2. The molecule has 0 spiro atoms. The van der Waals surface area contributed by atoms with Crippen LogP contribution >= 0.6 is 0 Å². The molecule has 2 rings (SSSR count). The lowest BCUT2D eigenvalue weighted by atomic mass is 10.0. The van der Waals surface area contributed by atoms with Gasteiger partial charge >= 0.3 is 0 Å². The highest BCUT2D eigenvalue weighted by atomic mass is 15.1. The third-order valence-electron chi connectivity index (χ3n) is 3.23. The summed E-state index contributed by atoms with van der Waals surface area (Å²) in [6, 6.07) is 2.26. The van der Waals surface area contributed by atoms with Crippen LogP contribution < -0.4 is 4.90 Å². The molecule has 1 aromatic rings. The van der Waals surface area contributed by atoms with Crippen molar-refractivity contribution in [2.24, 2.45) is 0 Å². The monoisotopic (exact) mass is 190 g/mol. The van der Waals surface area contributed by atoms with Crippen molar-refractivity contribution in [3.05, 3.63) is 23.5 Å². The Morgan fingerprint density at radius 1 is 1.57 bits per heavy atom. The fourth-order valence-electron chi connectivity index (χ4n) is 1.92. The van der Waals surface area contributed by atoms with Crippen molar-refractivity contribution >= 4 is 5.69 Å². The molecule has 1 unspecified atom stereocenters. The summed E-state index contributed by atoms with van der Waals surface area (Å²) >= 11 is 0. The number of pyridine rings is 1. The Kier molecular flexibility index (Phi) is 2.44. The Morgan fingerprint density at radius 3 is 3.07 bits per heavy atom. The lowest BCUT2D eigenvalue weighted by Gasteiger charge is -2.14. The summed E-state index contributed by atoms with van der Waals surface area (Å²) in [4.78, 5) is 6.85. The predicted octanol–water partition coefficient (Wildman–Crippen LogP) is 2.59. The van der Waals surface area contributed by atoms with E-state index in [9.17, 15) is 0 Å². The first kappa shape index (κ1) is 9.50. The number of hydrogen-bond donors (Lipinski definition) is 0. The molecule has 0 aliphatic carbocycles. The normalized spacial score (nSPS) is 16.9. The zero-order valence-electron chi connectivity index (χ0n) is 9.25. The second-order valence-electron chi connectivity index (χ2n) is 4.22.